The van der Waals surface area contributed by atoms with Crippen LogP contribution in [0.4, 0.5) is 11.4 Å². The first kappa shape index (κ1) is 17.5. The Morgan fingerprint density at radius 2 is 1.77 bits per heavy atom. The molecule has 3 amide bonds. The first-order valence-electron chi connectivity index (χ1n) is 8.13. The minimum Gasteiger partial charge on any atom is -0.497 e. The van der Waals surface area contributed by atoms with Gasteiger partial charge in [0.2, 0.25) is 17.7 Å². The van der Waals surface area contributed by atoms with Crippen LogP contribution >= 0.6 is 0 Å². The molecule has 1 heterocycles. The molecule has 2 aromatic rings. The number of hydrogen-bond acceptors (Lipinski definition) is 4. The van der Waals surface area contributed by atoms with Crippen LogP contribution in [0.2, 0.25) is 0 Å². The van der Waals surface area contributed by atoms with E-state index < -0.39 is 11.8 Å². The zero-order valence-corrected chi connectivity index (χ0v) is 14.3. The van der Waals surface area contributed by atoms with Gasteiger partial charge in [0.15, 0.2) is 0 Å². The van der Waals surface area contributed by atoms with Gasteiger partial charge in [-0.1, -0.05) is 0 Å². The quantitative estimate of drug-likeness (QED) is 0.855. The van der Waals surface area contributed by atoms with Crippen molar-refractivity contribution >= 4 is 29.1 Å². The lowest BCUT2D eigenvalue weighted by molar-refractivity contribution is -0.122. The molecule has 0 aromatic heterocycles. The second-order valence-corrected chi connectivity index (χ2v) is 6.03. The number of amides is 3. The van der Waals surface area contributed by atoms with E-state index in [1.54, 1.807) is 60.5 Å². The first-order valence-corrected chi connectivity index (χ1v) is 8.13. The average molecular weight is 353 g/mol. The number of nitrogens with two attached hydrogens (primary N) is 1. The summed E-state index contributed by atoms with van der Waals surface area (Å²) < 4.78 is 5.11. The highest BCUT2D eigenvalue weighted by Crippen LogP contribution is 2.27. The van der Waals surface area contributed by atoms with Crippen LogP contribution in [0.15, 0.2) is 48.5 Å². The number of benzene rings is 2. The summed E-state index contributed by atoms with van der Waals surface area (Å²) in [6.45, 7) is 0.316. The van der Waals surface area contributed by atoms with Crippen LogP contribution in [0.3, 0.4) is 0 Å². The molecule has 0 unspecified atom stereocenters. The predicted molar refractivity (Wildman–Crippen MR) is 97.0 cm³/mol. The first-order chi connectivity index (χ1) is 12.5. The Bertz CT molecular complexity index is 831. The zero-order chi connectivity index (χ0) is 18.7. The van der Waals surface area contributed by atoms with Crippen molar-refractivity contribution in [1.82, 2.24) is 0 Å². The fourth-order valence-corrected chi connectivity index (χ4v) is 2.86. The number of hydrogen-bond donors (Lipinski definition) is 2. The number of methoxy groups -OCH3 is 1. The smallest absolute Gasteiger partial charge is 0.248 e. The molecule has 1 atom stereocenters. The molecule has 7 nitrogen and oxygen atoms in total. The van der Waals surface area contributed by atoms with Crippen molar-refractivity contribution in [2.45, 2.75) is 6.42 Å². The van der Waals surface area contributed by atoms with Crippen LogP contribution in [0, 0.1) is 5.92 Å². The molecule has 1 aliphatic heterocycles. The van der Waals surface area contributed by atoms with E-state index in [1.165, 1.54) is 0 Å². The summed E-state index contributed by atoms with van der Waals surface area (Å²) in [7, 11) is 1.58. The number of primary amides is 1. The van der Waals surface area contributed by atoms with E-state index in [-0.39, 0.29) is 18.2 Å². The molecule has 1 saturated heterocycles. The SMILES string of the molecule is COc1ccc(N2C[C@H](C(=O)Nc3ccc(C(N)=O)cc3)CC2=O)cc1. The third-order valence-electron chi connectivity index (χ3n) is 4.32. The highest BCUT2D eigenvalue weighted by atomic mass is 16.5. The number of nitrogens with one attached hydrogen (secondary N) is 1. The maximum Gasteiger partial charge on any atom is 0.248 e. The minimum atomic E-state index is -0.528. The zero-order valence-electron chi connectivity index (χ0n) is 14.3. The van der Waals surface area contributed by atoms with Gasteiger partial charge in [-0.2, -0.15) is 0 Å². The fourth-order valence-electron chi connectivity index (χ4n) is 2.86. The van der Waals surface area contributed by atoms with E-state index in [2.05, 4.69) is 5.32 Å². The molecular formula is C19H19N3O4. The van der Waals surface area contributed by atoms with Gasteiger partial charge >= 0.3 is 0 Å². The van der Waals surface area contributed by atoms with E-state index in [4.69, 9.17) is 10.5 Å². The van der Waals surface area contributed by atoms with Crippen molar-refractivity contribution in [2.75, 3.05) is 23.9 Å². The highest BCUT2D eigenvalue weighted by molar-refractivity contribution is 6.03. The van der Waals surface area contributed by atoms with Gasteiger partial charge in [-0.25, -0.2) is 0 Å². The maximum atomic E-state index is 12.5. The molecule has 0 radical (unpaired) electrons. The molecule has 26 heavy (non-hydrogen) atoms. The number of carbonyl (C=O) groups excluding carboxylic acids is 3. The molecular weight excluding hydrogens is 334 g/mol. The van der Waals surface area contributed by atoms with E-state index in [9.17, 15) is 14.4 Å². The van der Waals surface area contributed by atoms with E-state index in [0.29, 0.717) is 23.5 Å². The molecule has 0 saturated carbocycles. The van der Waals surface area contributed by atoms with Crippen molar-refractivity contribution in [1.29, 1.82) is 0 Å². The van der Waals surface area contributed by atoms with Crippen molar-refractivity contribution in [3.63, 3.8) is 0 Å². The molecule has 0 bridgehead atoms. The van der Waals surface area contributed by atoms with Crippen LogP contribution in [-0.2, 0) is 9.59 Å². The number of carbonyl (C=O) groups is 3. The molecule has 0 aliphatic carbocycles. The number of nitrogens with zero attached hydrogens (tertiary/aromatic N) is 1. The number of anilines is 2. The monoisotopic (exact) mass is 353 g/mol. The lowest BCUT2D eigenvalue weighted by Gasteiger charge is -2.17. The number of ether oxygens (including phenoxy) is 1. The Kier molecular flexibility index (Phi) is 4.88. The van der Waals surface area contributed by atoms with Crippen molar-refractivity contribution in [3.8, 4) is 5.75 Å². The number of rotatable bonds is 5. The largest absolute Gasteiger partial charge is 0.497 e. The lowest BCUT2D eigenvalue weighted by Crippen LogP contribution is -2.28. The van der Waals surface area contributed by atoms with Crippen molar-refractivity contribution in [3.05, 3.63) is 54.1 Å². The topological polar surface area (TPSA) is 102 Å². The average Bonchev–Trinajstić information content (AvgIpc) is 3.04. The Hall–Kier alpha value is -3.35. The Morgan fingerprint density at radius 3 is 2.35 bits per heavy atom. The Balaban J connectivity index is 1.65. The molecule has 134 valence electrons. The van der Waals surface area contributed by atoms with Crippen LogP contribution in [-0.4, -0.2) is 31.4 Å². The minimum absolute atomic E-state index is 0.0978. The molecule has 1 aliphatic rings. The second-order valence-electron chi connectivity index (χ2n) is 6.03. The molecule has 3 N–H and O–H groups in total. The van der Waals surface area contributed by atoms with Gasteiger partial charge in [-0.15, -0.1) is 0 Å². The van der Waals surface area contributed by atoms with Crippen LogP contribution in [0.25, 0.3) is 0 Å². The summed E-state index contributed by atoms with van der Waals surface area (Å²) in [6, 6.07) is 13.4. The molecule has 2 aromatic carbocycles. The lowest BCUT2D eigenvalue weighted by atomic mass is 10.1. The molecule has 3 rings (SSSR count). The van der Waals surface area contributed by atoms with Gasteiger partial charge in [0, 0.05) is 29.9 Å². The molecule has 7 heteroatoms. The summed E-state index contributed by atoms with van der Waals surface area (Å²) >= 11 is 0. The highest BCUT2D eigenvalue weighted by Gasteiger charge is 2.35. The van der Waals surface area contributed by atoms with Gasteiger partial charge in [0.05, 0.1) is 13.0 Å². The van der Waals surface area contributed by atoms with Gasteiger partial charge in [0.1, 0.15) is 5.75 Å². The van der Waals surface area contributed by atoms with E-state index >= 15 is 0 Å². The maximum absolute atomic E-state index is 12.5. The third-order valence-corrected chi connectivity index (χ3v) is 4.32. The van der Waals surface area contributed by atoms with Gasteiger partial charge < -0.3 is 20.7 Å². The Labute approximate surface area is 150 Å². The Morgan fingerprint density at radius 1 is 1.12 bits per heavy atom. The van der Waals surface area contributed by atoms with Gasteiger partial charge in [0.25, 0.3) is 0 Å². The predicted octanol–water partition coefficient (Wildman–Crippen LogP) is 1.79. The van der Waals surface area contributed by atoms with Crippen LogP contribution in [0.5, 0.6) is 5.75 Å². The van der Waals surface area contributed by atoms with Crippen molar-refractivity contribution < 1.29 is 19.1 Å². The van der Waals surface area contributed by atoms with Crippen molar-refractivity contribution in [2.24, 2.45) is 11.7 Å². The fraction of sp³-hybridized carbons (Fsp3) is 0.211. The molecule has 0 spiro atoms. The summed E-state index contributed by atoms with van der Waals surface area (Å²) in [5.41, 5.74) is 6.84. The summed E-state index contributed by atoms with van der Waals surface area (Å²) in [4.78, 5) is 37.4. The van der Waals surface area contributed by atoms with Gasteiger partial charge in [-0.05, 0) is 48.5 Å². The third kappa shape index (κ3) is 3.66. The van der Waals surface area contributed by atoms with Crippen LogP contribution in [0.1, 0.15) is 16.8 Å². The van der Waals surface area contributed by atoms with E-state index in [1.807, 2.05) is 0 Å². The standard InChI is InChI=1S/C19H19N3O4/c1-26-16-8-6-15(7-9-16)22-11-13(10-17(22)23)19(25)21-14-4-2-12(3-5-14)18(20)24/h2-9,13H,10-11H2,1H3,(H2,20,24)(H,21,25)/t13-/m1/s1. The van der Waals surface area contributed by atoms with Crippen LogP contribution < -0.4 is 20.7 Å². The summed E-state index contributed by atoms with van der Waals surface area (Å²) in [5, 5.41) is 2.77. The summed E-state index contributed by atoms with van der Waals surface area (Å²) in [6.07, 6.45) is 0.150. The molecule has 1 fully saturated rings. The second kappa shape index (κ2) is 7.26. The normalized spacial score (nSPS) is 16.4. The summed E-state index contributed by atoms with van der Waals surface area (Å²) in [5.74, 6) is -0.602. The van der Waals surface area contributed by atoms with E-state index in [0.717, 1.165) is 5.69 Å². The van der Waals surface area contributed by atoms with Gasteiger partial charge in [-0.3, -0.25) is 14.4 Å².